The van der Waals surface area contributed by atoms with Gasteiger partial charge in [-0.05, 0) is 97.8 Å². The summed E-state index contributed by atoms with van der Waals surface area (Å²) in [5.74, 6) is 0.0147. The zero-order valence-electron chi connectivity index (χ0n) is 35.1. The van der Waals surface area contributed by atoms with Gasteiger partial charge in [0, 0.05) is 22.9 Å². The first-order valence-corrected chi connectivity index (χ1v) is 20.9. The van der Waals surface area contributed by atoms with Gasteiger partial charge < -0.3 is 25.2 Å². The number of carboxylic acid groups (broad SMARTS) is 1. The number of hydrogen-bond donors (Lipinski definition) is 3. The Labute approximate surface area is 323 Å². The molecule has 12 atom stereocenters. The van der Waals surface area contributed by atoms with Crippen molar-refractivity contribution >= 4 is 11.9 Å². The molecule has 3 N–H and O–H groups in total. The molecule has 0 radical (unpaired) electrons. The number of fused-ring (bicyclic) bond motifs is 3. The number of ether oxygens (including phenoxy) is 2. The highest BCUT2D eigenvalue weighted by atomic mass is 19.1. The third-order valence-electron chi connectivity index (χ3n) is 17.0. The molecule has 304 valence electrons. The summed E-state index contributed by atoms with van der Waals surface area (Å²) in [5.41, 5.74) is -0.591. The molecule has 4 aliphatic carbocycles. The lowest BCUT2D eigenvalue weighted by molar-refractivity contribution is -0.253. The number of amides is 1. The lowest BCUT2D eigenvalue weighted by Gasteiger charge is -2.71. The molecule has 0 spiro atoms. The summed E-state index contributed by atoms with van der Waals surface area (Å²) in [6.07, 6.45) is 8.77. The monoisotopic (exact) mass is 756 g/mol. The summed E-state index contributed by atoms with van der Waals surface area (Å²) in [7, 11) is 0. The topological polar surface area (TPSA) is 128 Å². The molecule has 0 unspecified atom stereocenters. The van der Waals surface area contributed by atoms with Crippen molar-refractivity contribution in [3.05, 3.63) is 23.8 Å². The van der Waals surface area contributed by atoms with Crippen LogP contribution in [-0.4, -0.2) is 83.0 Å². The molecule has 1 saturated heterocycles. The summed E-state index contributed by atoms with van der Waals surface area (Å²) in [4.78, 5) is 31.5. The number of allylic oxidation sites excluding steroid dienone is 1. The lowest BCUT2D eigenvalue weighted by Crippen LogP contribution is -2.69. The quantitative estimate of drug-likeness (QED) is 0.177. The predicted molar refractivity (Wildman–Crippen MR) is 208 cm³/mol. The molecule has 1 aromatic rings. The highest BCUT2D eigenvalue weighted by molar-refractivity contribution is 5.90. The van der Waals surface area contributed by atoms with E-state index >= 15 is 0 Å². The fourth-order valence-corrected chi connectivity index (χ4v) is 13.1. The Morgan fingerprint density at radius 2 is 1.83 bits per heavy atom. The molecule has 0 aromatic carbocycles. The van der Waals surface area contributed by atoms with E-state index in [1.165, 1.54) is 11.9 Å². The Balaban J connectivity index is 1.47. The number of likely N-dealkylation sites (N-methyl/N-ethyl adjacent to an activating group) is 1. The molecular formula is C43H70FN5O5. The molecule has 1 aromatic heterocycles. The fraction of sp³-hybridized carbons (Fsp3) is 0.860. The van der Waals surface area contributed by atoms with E-state index in [9.17, 15) is 19.1 Å². The average Bonchev–Trinajstić information content (AvgIpc) is 3.60. The van der Waals surface area contributed by atoms with Crippen LogP contribution in [0.1, 0.15) is 131 Å². The second-order valence-corrected chi connectivity index (χ2v) is 19.9. The minimum Gasteiger partial charge on any atom is -0.481 e. The molecule has 5 aliphatic rings. The van der Waals surface area contributed by atoms with Gasteiger partial charge in [-0.25, -0.2) is 14.1 Å². The highest BCUT2D eigenvalue weighted by Gasteiger charge is 2.72. The molecule has 3 saturated carbocycles. The van der Waals surface area contributed by atoms with Gasteiger partial charge in [0.1, 0.15) is 13.0 Å². The Morgan fingerprint density at radius 3 is 2.46 bits per heavy atom. The van der Waals surface area contributed by atoms with Crippen molar-refractivity contribution < 1.29 is 28.6 Å². The molecule has 10 nitrogen and oxygen atoms in total. The standard InChI is InChI=1S/C43H70FN5O5/c1-12-47-42(11,27(4)5)23-54-34-31(49-35(46-25-48-49)36(50)45-20-19-44)21-43-24-53-22-39(34,8)32(43)14-13-29-30(43)15-16-41(10)33(37(51)52)38(7,28(6)26(2)3)17-18-40(29,41)9/h15,25-29,31-34,47H,12-14,16-24H2,1-11H3,(H,45,50)(H,51,52)/t28-,29+,31-,32+,33-,34+,38-,39-,40-,41+,42+,43+/m1/s1. The van der Waals surface area contributed by atoms with E-state index in [4.69, 9.17) is 14.6 Å². The third-order valence-corrected chi connectivity index (χ3v) is 17.0. The smallest absolute Gasteiger partial charge is 0.307 e. The number of aromatic nitrogens is 3. The number of alkyl halides is 1. The Hall–Kier alpha value is -2.37. The Kier molecular flexibility index (Phi) is 11.1. The van der Waals surface area contributed by atoms with E-state index in [2.05, 4.69) is 97.9 Å². The van der Waals surface area contributed by atoms with Crippen LogP contribution in [0.5, 0.6) is 0 Å². The van der Waals surface area contributed by atoms with Gasteiger partial charge in [-0.2, -0.15) is 5.10 Å². The minimum atomic E-state index is -0.668. The first-order valence-electron chi connectivity index (χ1n) is 20.9. The van der Waals surface area contributed by atoms with Crippen molar-refractivity contribution in [3.8, 4) is 0 Å². The van der Waals surface area contributed by atoms with Crippen molar-refractivity contribution in [2.75, 3.05) is 39.6 Å². The van der Waals surface area contributed by atoms with E-state index in [1.54, 1.807) is 4.68 Å². The first-order chi connectivity index (χ1) is 25.3. The van der Waals surface area contributed by atoms with E-state index in [1.807, 2.05) is 0 Å². The van der Waals surface area contributed by atoms with Crippen LogP contribution in [0.3, 0.4) is 0 Å². The number of rotatable bonds is 13. The molecule has 4 fully saturated rings. The zero-order valence-corrected chi connectivity index (χ0v) is 35.1. The molecule has 2 bridgehead atoms. The second kappa shape index (κ2) is 14.5. The van der Waals surface area contributed by atoms with Crippen LogP contribution in [0, 0.1) is 62.6 Å². The number of aliphatic carboxylic acids is 1. The number of carbonyl (C=O) groups excluding carboxylic acids is 1. The molecule has 1 amide bonds. The van der Waals surface area contributed by atoms with Crippen molar-refractivity contribution in [1.82, 2.24) is 25.4 Å². The maximum atomic E-state index is 13.6. The first kappa shape index (κ1) is 41.3. The zero-order chi connectivity index (χ0) is 39.6. The second-order valence-electron chi connectivity index (χ2n) is 19.9. The van der Waals surface area contributed by atoms with Gasteiger partial charge in [0.25, 0.3) is 5.91 Å². The number of nitrogens with one attached hydrogen (secondary N) is 2. The van der Waals surface area contributed by atoms with E-state index in [0.29, 0.717) is 44.5 Å². The minimum absolute atomic E-state index is 0.0957. The Bertz CT molecular complexity index is 1600. The fourth-order valence-electron chi connectivity index (χ4n) is 13.1. The van der Waals surface area contributed by atoms with Crippen molar-refractivity contribution in [3.63, 3.8) is 0 Å². The van der Waals surface area contributed by atoms with Gasteiger partial charge in [0.15, 0.2) is 0 Å². The SMILES string of the molecule is CCN[C@@](C)(CO[C@H]1[C@H](n2ncnc2C(=O)NCCF)C[C@@]23COC[C@]1(C)[C@@H]2CC[C@H]1C3=CC[C@@]2(C)[C@H](C(=O)O)[C@@](C)([C@H](C)C(C)C)CC[C@]12C)C(C)C. The van der Waals surface area contributed by atoms with E-state index in [-0.39, 0.29) is 64.1 Å². The Morgan fingerprint density at radius 1 is 1.11 bits per heavy atom. The van der Waals surface area contributed by atoms with Crippen molar-refractivity contribution in [2.45, 2.75) is 132 Å². The van der Waals surface area contributed by atoms with Crippen LogP contribution in [0.25, 0.3) is 0 Å². The molecular weight excluding hydrogens is 686 g/mol. The highest BCUT2D eigenvalue weighted by Crippen LogP contribution is 2.75. The van der Waals surface area contributed by atoms with Gasteiger partial charge >= 0.3 is 5.97 Å². The predicted octanol–water partition coefficient (Wildman–Crippen LogP) is 7.52. The third kappa shape index (κ3) is 6.02. The maximum Gasteiger partial charge on any atom is 0.307 e. The van der Waals surface area contributed by atoms with Crippen LogP contribution < -0.4 is 10.6 Å². The van der Waals surface area contributed by atoms with Crippen LogP contribution in [0.15, 0.2) is 18.0 Å². The lowest BCUT2D eigenvalue weighted by atomic mass is 9.34. The van der Waals surface area contributed by atoms with E-state index in [0.717, 1.165) is 32.2 Å². The van der Waals surface area contributed by atoms with Gasteiger partial charge in [-0.1, -0.05) is 80.9 Å². The van der Waals surface area contributed by atoms with E-state index < -0.39 is 35.3 Å². The van der Waals surface area contributed by atoms with Gasteiger partial charge in [0.05, 0.1) is 37.9 Å². The largest absolute Gasteiger partial charge is 0.481 e. The summed E-state index contributed by atoms with van der Waals surface area (Å²) < 4.78 is 28.9. The number of nitrogens with zero attached hydrogens (tertiary/aromatic N) is 3. The van der Waals surface area contributed by atoms with Crippen LogP contribution >= 0.6 is 0 Å². The van der Waals surface area contributed by atoms with Crippen molar-refractivity contribution in [1.29, 1.82) is 0 Å². The van der Waals surface area contributed by atoms with Gasteiger partial charge in [-0.15, -0.1) is 0 Å². The maximum absolute atomic E-state index is 13.6. The molecule has 54 heavy (non-hydrogen) atoms. The number of carboxylic acids is 1. The normalized spacial score (nSPS) is 40.6. The molecule has 6 rings (SSSR count). The molecule has 11 heteroatoms. The molecule has 1 aliphatic heterocycles. The van der Waals surface area contributed by atoms with Crippen LogP contribution in [-0.2, 0) is 14.3 Å². The summed E-state index contributed by atoms with van der Waals surface area (Å²) in [6.45, 7) is 26.4. The molecule has 2 heterocycles. The van der Waals surface area contributed by atoms with Gasteiger partial charge in [0.2, 0.25) is 5.82 Å². The number of hydrogen-bond acceptors (Lipinski definition) is 7. The summed E-state index contributed by atoms with van der Waals surface area (Å²) in [5, 5.41) is 22.2. The number of halogens is 1. The van der Waals surface area contributed by atoms with Crippen molar-refractivity contribution in [2.24, 2.45) is 62.6 Å². The summed E-state index contributed by atoms with van der Waals surface area (Å²) >= 11 is 0. The van der Waals surface area contributed by atoms with Crippen LogP contribution in [0.4, 0.5) is 4.39 Å². The van der Waals surface area contributed by atoms with Gasteiger partial charge in [-0.3, -0.25) is 9.59 Å². The summed E-state index contributed by atoms with van der Waals surface area (Å²) in [6, 6.07) is -0.337. The average molecular weight is 756 g/mol. The van der Waals surface area contributed by atoms with Crippen LogP contribution in [0.2, 0.25) is 0 Å². The number of carbonyl (C=O) groups is 2.